The van der Waals surface area contributed by atoms with E-state index in [2.05, 4.69) is 10.0 Å². The smallest absolute Gasteiger partial charge is 0.423 e. The van der Waals surface area contributed by atoms with E-state index in [0.717, 1.165) is 5.56 Å². The lowest BCUT2D eigenvalue weighted by Gasteiger charge is -2.18. The van der Waals surface area contributed by atoms with Crippen molar-refractivity contribution in [2.75, 3.05) is 10.0 Å². The van der Waals surface area contributed by atoms with E-state index in [1.165, 1.54) is 36.4 Å². The van der Waals surface area contributed by atoms with Gasteiger partial charge in [0.2, 0.25) is 5.91 Å². The van der Waals surface area contributed by atoms with Gasteiger partial charge < -0.3 is 15.4 Å². The highest BCUT2D eigenvalue weighted by Gasteiger charge is 2.20. The highest BCUT2D eigenvalue weighted by Crippen LogP contribution is 2.26. The number of hydrogen-bond donors (Lipinski definition) is 4. The maximum absolute atomic E-state index is 12.5. The number of carbonyl (C=O) groups is 1. The molecular weight excluding hydrogens is 331 g/mol. The molecule has 3 rings (SSSR count). The van der Waals surface area contributed by atoms with Gasteiger partial charge in [0.15, 0.2) is 0 Å². The van der Waals surface area contributed by atoms with E-state index < -0.39 is 17.1 Å². The molecule has 9 heteroatoms. The lowest BCUT2D eigenvalue weighted by molar-refractivity contribution is -0.116. The summed E-state index contributed by atoms with van der Waals surface area (Å²) in [6.45, 7) is 0. The van der Waals surface area contributed by atoms with Gasteiger partial charge in [-0.1, -0.05) is 12.1 Å². The van der Waals surface area contributed by atoms with Gasteiger partial charge in [0, 0.05) is 17.8 Å². The molecule has 0 fully saturated rings. The molecule has 0 unspecified atom stereocenters. The number of hydrogen-bond acceptors (Lipinski definition) is 5. The first-order valence-corrected chi connectivity index (χ1v) is 8.75. The van der Waals surface area contributed by atoms with Gasteiger partial charge >= 0.3 is 7.12 Å². The fourth-order valence-corrected chi connectivity index (χ4v) is 3.60. The number of rotatable bonds is 4. The van der Waals surface area contributed by atoms with Crippen molar-refractivity contribution < 1.29 is 23.3 Å². The number of benzene rings is 2. The highest BCUT2D eigenvalue weighted by atomic mass is 32.2. The average molecular weight is 346 g/mol. The summed E-state index contributed by atoms with van der Waals surface area (Å²) in [4.78, 5) is 11.4. The summed E-state index contributed by atoms with van der Waals surface area (Å²) in [6.07, 6.45) is 0.803. The Kier molecular flexibility index (Phi) is 4.31. The normalized spacial score (nSPS) is 13.8. The minimum absolute atomic E-state index is 0.0762. The summed E-state index contributed by atoms with van der Waals surface area (Å²) >= 11 is 0. The first-order chi connectivity index (χ1) is 11.3. The van der Waals surface area contributed by atoms with Gasteiger partial charge in [-0.25, -0.2) is 8.42 Å². The molecular formula is C15H15BN2O5S. The van der Waals surface area contributed by atoms with Crippen molar-refractivity contribution in [2.24, 2.45) is 0 Å². The van der Waals surface area contributed by atoms with Crippen molar-refractivity contribution >= 4 is 39.9 Å². The molecule has 24 heavy (non-hydrogen) atoms. The summed E-state index contributed by atoms with van der Waals surface area (Å²) in [5, 5.41) is 21.0. The zero-order chi connectivity index (χ0) is 17.3. The van der Waals surface area contributed by atoms with Crippen molar-refractivity contribution in [3.05, 3.63) is 48.0 Å². The molecule has 1 aliphatic rings. The number of nitrogens with one attached hydrogen (secondary N) is 2. The van der Waals surface area contributed by atoms with Gasteiger partial charge in [-0.3, -0.25) is 9.52 Å². The molecule has 0 spiro atoms. The standard InChI is InChI=1S/C15H15BN2O5S/c19-15-7-4-10-8-13(5-6-14(10)17-15)24(22,23)18-12-3-1-2-11(9-12)16(20)21/h1-3,5-6,8-9,18,20-21H,4,7H2,(H,17,19). The molecule has 1 aliphatic heterocycles. The van der Waals surface area contributed by atoms with Crippen LogP contribution < -0.4 is 15.5 Å². The number of amides is 1. The quantitative estimate of drug-likeness (QED) is 0.584. The zero-order valence-electron chi connectivity index (χ0n) is 12.6. The largest absolute Gasteiger partial charge is 0.488 e. The number of sulfonamides is 1. The second kappa shape index (κ2) is 6.27. The highest BCUT2D eigenvalue weighted by molar-refractivity contribution is 7.92. The Morgan fingerprint density at radius 1 is 1.08 bits per heavy atom. The second-order valence-electron chi connectivity index (χ2n) is 5.47. The Morgan fingerprint density at radius 3 is 2.62 bits per heavy atom. The molecule has 124 valence electrons. The van der Waals surface area contributed by atoms with E-state index in [0.29, 0.717) is 18.5 Å². The van der Waals surface area contributed by atoms with E-state index in [-0.39, 0.29) is 22.0 Å². The van der Waals surface area contributed by atoms with Crippen molar-refractivity contribution in [1.82, 2.24) is 0 Å². The van der Waals surface area contributed by atoms with Crippen LogP contribution in [0, 0.1) is 0 Å². The zero-order valence-corrected chi connectivity index (χ0v) is 13.4. The lowest BCUT2D eigenvalue weighted by atomic mass is 9.80. The van der Waals surface area contributed by atoms with Crippen LogP contribution in [0.3, 0.4) is 0 Å². The third-order valence-electron chi connectivity index (χ3n) is 3.72. The van der Waals surface area contributed by atoms with Crippen LogP contribution in [0.1, 0.15) is 12.0 Å². The van der Waals surface area contributed by atoms with Gasteiger partial charge in [0.25, 0.3) is 10.0 Å². The maximum Gasteiger partial charge on any atom is 0.488 e. The second-order valence-corrected chi connectivity index (χ2v) is 7.15. The van der Waals surface area contributed by atoms with E-state index in [1.807, 2.05) is 0 Å². The Balaban J connectivity index is 1.88. The summed E-state index contributed by atoms with van der Waals surface area (Å²) in [6, 6.07) is 10.4. The first-order valence-electron chi connectivity index (χ1n) is 7.27. The molecule has 2 aromatic rings. The van der Waals surface area contributed by atoms with Crippen LogP contribution >= 0.6 is 0 Å². The molecule has 0 radical (unpaired) electrons. The van der Waals surface area contributed by atoms with Crippen LogP contribution in [0.2, 0.25) is 0 Å². The van der Waals surface area contributed by atoms with Crippen LogP contribution in [0.25, 0.3) is 0 Å². The molecule has 0 aliphatic carbocycles. The molecule has 7 nitrogen and oxygen atoms in total. The molecule has 0 saturated heterocycles. The third-order valence-corrected chi connectivity index (χ3v) is 5.10. The Hall–Kier alpha value is -2.36. The molecule has 4 N–H and O–H groups in total. The van der Waals surface area contributed by atoms with Crippen molar-refractivity contribution in [3.8, 4) is 0 Å². The van der Waals surface area contributed by atoms with Crippen LogP contribution in [-0.4, -0.2) is 31.5 Å². The van der Waals surface area contributed by atoms with Gasteiger partial charge in [0.1, 0.15) is 0 Å². The Labute approximate surface area is 139 Å². The van der Waals surface area contributed by atoms with E-state index in [4.69, 9.17) is 10.0 Å². The van der Waals surface area contributed by atoms with Crippen molar-refractivity contribution in [1.29, 1.82) is 0 Å². The van der Waals surface area contributed by atoms with Crippen LogP contribution in [0.5, 0.6) is 0 Å². The van der Waals surface area contributed by atoms with Gasteiger partial charge in [-0.05, 0) is 47.8 Å². The summed E-state index contributed by atoms with van der Waals surface area (Å²) < 4.78 is 27.4. The summed E-state index contributed by atoms with van der Waals surface area (Å²) in [7, 11) is -5.51. The Morgan fingerprint density at radius 2 is 1.88 bits per heavy atom. The molecule has 0 atom stereocenters. The minimum Gasteiger partial charge on any atom is -0.423 e. The van der Waals surface area contributed by atoms with Crippen LogP contribution in [-0.2, 0) is 21.2 Å². The van der Waals surface area contributed by atoms with Crippen LogP contribution in [0.15, 0.2) is 47.4 Å². The predicted molar refractivity (Wildman–Crippen MR) is 90.5 cm³/mol. The SMILES string of the molecule is O=C1CCc2cc(S(=O)(=O)Nc3cccc(B(O)O)c3)ccc2N1. The minimum atomic E-state index is -3.83. The molecule has 1 amide bonds. The van der Waals surface area contributed by atoms with E-state index in [1.54, 1.807) is 6.07 Å². The summed E-state index contributed by atoms with van der Waals surface area (Å²) in [5.41, 5.74) is 1.79. The third kappa shape index (κ3) is 3.43. The van der Waals surface area contributed by atoms with Gasteiger partial charge in [-0.15, -0.1) is 0 Å². The fraction of sp³-hybridized carbons (Fsp3) is 0.133. The van der Waals surface area contributed by atoms with Crippen LogP contribution in [0.4, 0.5) is 11.4 Å². The lowest BCUT2D eigenvalue weighted by Crippen LogP contribution is -2.30. The van der Waals surface area contributed by atoms with Crippen molar-refractivity contribution in [2.45, 2.75) is 17.7 Å². The number of aryl methyl sites for hydroxylation is 1. The number of carbonyl (C=O) groups excluding carboxylic acids is 1. The molecule has 0 aromatic heterocycles. The Bertz CT molecular complexity index is 898. The van der Waals surface area contributed by atoms with Crippen molar-refractivity contribution in [3.63, 3.8) is 0 Å². The first kappa shape index (κ1) is 16.5. The molecule has 2 aromatic carbocycles. The van der Waals surface area contributed by atoms with Gasteiger partial charge in [0.05, 0.1) is 4.90 Å². The average Bonchev–Trinajstić information content (AvgIpc) is 2.54. The molecule has 0 saturated carbocycles. The predicted octanol–water partition coefficient (Wildman–Crippen LogP) is 0.0519. The molecule has 1 heterocycles. The number of fused-ring (bicyclic) bond motifs is 1. The number of anilines is 2. The van der Waals surface area contributed by atoms with Gasteiger partial charge in [-0.2, -0.15) is 0 Å². The maximum atomic E-state index is 12.5. The van der Waals surface area contributed by atoms with E-state index >= 15 is 0 Å². The van der Waals surface area contributed by atoms with E-state index in [9.17, 15) is 13.2 Å². The fourth-order valence-electron chi connectivity index (χ4n) is 2.50. The molecule has 0 bridgehead atoms. The topological polar surface area (TPSA) is 116 Å². The summed E-state index contributed by atoms with van der Waals surface area (Å²) in [5.74, 6) is -0.0874. The monoisotopic (exact) mass is 346 g/mol.